The molecular formula is C12H19N3. The Hall–Kier alpha value is -0.930. The molecule has 3 nitrogen and oxygen atoms in total. The second kappa shape index (κ2) is 4.73. The second-order valence-corrected chi connectivity index (χ2v) is 4.37. The monoisotopic (exact) mass is 205 g/mol. The SMILES string of the molecule is Cc1ncccc1C(NN)C1CCCC1. The summed E-state index contributed by atoms with van der Waals surface area (Å²) in [5.74, 6) is 6.35. The largest absolute Gasteiger partial charge is 0.271 e. The molecule has 3 heteroatoms. The van der Waals surface area contributed by atoms with Gasteiger partial charge in [0.1, 0.15) is 0 Å². The number of hydrogen-bond acceptors (Lipinski definition) is 3. The molecule has 1 atom stereocenters. The summed E-state index contributed by atoms with van der Waals surface area (Å²) in [4.78, 5) is 4.32. The first kappa shape index (κ1) is 10.6. The molecule has 1 aliphatic rings. The number of hydrogen-bond donors (Lipinski definition) is 2. The Morgan fingerprint density at radius 2 is 2.20 bits per heavy atom. The first-order valence-corrected chi connectivity index (χ1v) is 5.70. The van der Waals surface area contributed by atoms with Gasteiger partial charge < -0.3 is 0 Å². The van der Waals surface area contributed by atoms with Crippen LogP contribution in [0.1, 0.15) is 43.0 Å². The van der Waals surface area contributed by atoms with Crippen LogP contribution < -0.4 is 11.3 Å². The minimum absolute atomic E-state index is 0.279. The van der Waals surface area contributed by atoms with Gasteiger partial charge in [-0.2, -0.15) is 0 Å². The second-order valence-electron chi connectivity index (χ2n) is 4.37. The molecule has 1 saturated carbocycles. The predicted molar refractivity (Wildman–Crippen MR) is 61.0 cm³/mol. The Morgan fingerprint density at radius 3 is 2.80 bits per heavy atom. The molecule has 3 N–H and O–H groups in total. The summed E-state index contributed by atoms with van der Waals surface area (Å²) in [6.45, 7) is 2.05. The summed E-state index contributed by atoms with van der Waals surface area (Å²) in [6.07, 6.45) is 7.07. The fourth-order valence-electron chi connectivity index (χ4n) is 2.60. The van der Waals surface area contributed by atoms with Gasteiger partial charge in [0.2, 0.25) is 0 Å². The first-order valence-electron chi connectivity index (χ1n) is 5.70. The van der Waals surface area contributed by atoms with Crippen molar-refractivity contribution in [3.63, 3.8) is 0 Å². The normalized spacial score (nSPS) is 19.3. The molecule has 1 heterocycles. The number of aryl methyl sites for hydroxylation is 1. The van der Waals surface area contributed by atoms with Crippen molar-refractivity contribution in [1.29, 1.82) is 0 Å². The number of pyridine rings is 1. The molecule has 0 amide bonds. The number of nitrogens with two attached hydrogens (primary N) is 1. The molecule has 1 aromatic heterocycles. The summed E-state index contributed by atoms with van der Waals surface area (Å²) in [5.41, 5.74) is 5.31. The van der Waals surface area contributed by atoms with E-state index >= 15 is 0 Å². The zero-order valence-electron chi connectivity index (χ0n) is 9.24. The van der Waals surface area contributed by atoms with E-state index in [0.29, 0.717) is 5.92 Å². The fourth-order valence-corrected chi connectivity index (χ4v) is 2.60. The molecule has 0 bridgehead atoms. The highest BCUT2D eigenvalue weighted by atomic mass is 15.2. The van der Waals surface area contributed by atoms with Crippen LogP contribution in [0, 0.1) is 12.8 Å². The Kier molecular flexibility index (Phi) is 3.34. The van der Waals surface area contributed by atoms with Crippen molar-refractivity contribution >= 4 is 0 Å². The van der Waals surface area contributed by atoms with Crippen LogP contribution in [-0.4, -0.2) is 4.98 Å². The number of hydrazine groups is 1. The number of nitrogens with zero attached hydrogens (tertiary/aromatic N) is 1. The van der Waals surface area contributed by atoms with Crippen LogP contribution in [0.4, 0.5) is 0 Å². The number of rotatable bonds is 3. The summed E-state index contributed by atoms with van der Waals surface area (Å²) >= 11 is 0. The summed E-state index contributed by atoms with van der Waals surface area (Å²) in [6, 6.07) is 4.40. The molecule has 0 spiro atoms. The lowest BCUT2D eigenvalue weighted by atomic mass is 9.91. The van der Waals surface area contributed by atoms with Crippen molar-refractivity contribution in [3.05, 3.63) is 29.6 Å². The van der Waals surface area contributed by atoms with Gasteiger partial charge in [-0.3, -0.25) is 16.3 Å². The Balaban J connectivity index is 2.22. The van der Waals surface area contributed by atoms with Crippen molar-refractivity contribution in [2.24, 2.45) is 11.8 Å². The topological polar surface area (TPSA) is 50.9 Å². The first-order chi connectivity index (χ1) is 7.33. The predicted octanol–water partition coefficient (Wildman–Crippen LogP) is 2.08. The molecule has 2 rings (SSSR count). The molecule has 1 aliphatic carbocycles. The van der Waals surface area contributed by atoms with Crippen molar-refractivity contribution in [2.45, 2.75) is 38.6 Å². The van der Waals surface area contributed by atoms with Crippen LogP contribution in [0.2, 0.25) is 0 Å². The zero-order valence-corrected chi connectivity index (χ0v) is 9.24. The lowest BCUT2D eigenvalue weighted by Gasteiger charge is -2.23. The zero-order chi connectivity index (χ0) is 10.7. The molecule has 0 aromatic carbocycles. The van der Waals surface area contributed by atoms with Gasteiger partial charge in [0.05, 0.1) is 6.04 Å². The van der Waals surface area contributed by atoms with Crippen LogP contribution in [0.15, 0.2) is 18.3 Å². The summed E-state index contributed by atoms with van der Waals surface area (Å²) in [5, 5.41) is 0. The summed E-state index contributed by atoms with van der Waals surface area (Å²) in [7, 11) is 0. The van der Waals surface area contributed by atoms with E-state index in [9.17, 15) is 0 Å². The van der Waals surface area contributed by atoms with Crippen LogP contribution in [0.25, 0.3) is 0 Å². The number of aromatic nitrogens is 1. The highest BCUT2D eigenvalue weighted by molar-refractivity contribution is 5.23. The van der Waals surface area contributed by atoms with Crippen molar-refractivity contribution in [3.8, 4) is 0 Å². The Morgan fingerprint density at radius 1 is 1.47 bits per heavy atom. The van der Waals surface area contributed by atoms with Gasteiger partial charge in [0.25, 0.3) is 0 Å². The van der Waals surface area contributed by atoms with Crippen LogP contribution >= 0.6 is 0 Å². The lowest BCUT2D eigenvalue weighted by molar-refractivity contribution is 0.371. The third-order valence-electron chi connectivity index (χ3n) is 3.43. The van der Waals surface area contributed by atoms with E-state index in [1.807, 2.05) is 12.3 Å². The van der Waals surface area contributed by atoms with Gasteiger partial charge in [-0.25, -0.2) is 0 Å². The molecule has 0 radical (unpaired) electrons. The molecule has 15 heavy (non-hydrogen) atoms. The van der Waals surface area contributed by atoms with Crippen molar-refractivity contribution in [2.75, 3.05) is 0 Å². The lowest BCUT2D eigenvalue weighted by Crippen LogP contribution is -2.33. The summed E-state index contributed by atoms with van der Waals surface area (Å²) < 4.78 is 0. The third-order valence-corrected chi connectivity index (χ3v) is 3.43. The maximum absolute atomic E-state index is 5.68. The van der Waals surface area contributed by atoms with Crippen LogP contribution in [0.3, 0.4) is 0 Å². The standard InChI is InChI=1S/C12H19N3/c1-9-11(7-4-8-14-9)12(15-13)10-5-2-3-6-10/h4,7-8,10,12,15H,2-3,5-6,13H2,1H3. The average molecular weight is 205 g/mol. The van der Waals surface area contributed by atoms with E-state index in [0.717, 1.165) is 5.69 Å². The molecule has 0 saturated heterocycles. The van der Waals surface area contributed by atoms with E-state index < -0.39 is 0 Å². The van der Waals surface area contributed by atoms with Gasteiger partial charge >= 0.3 is 0 Å². The smallest absolute Gasteiger partial charge is 0.0506 e. The molecule has 1 aromatic rings. The van der Waals surface area contributed by atoms with Crippen LogP contribution in [0.5, 0.6) is 0 Å². The van der Waals surface area contributed by atoms with E-state index in [1.165, 1.54) is 31.2 Å². The quantitative estimate of drug-likeness (QED) is 0.587. The van der Waals surface area contributed by atoms with Gasteiger partial charge in [0.15, 0.2) is 0 Å². The average Bonchev–Trinajstić information content (AvgIpc) is 2.75. The van der Waals surface area contributed by atoms with Gasteiger partial charge in [-0.15, -0.1) is 0 Å². The van der Waals surface area contributed by atoms with E-state index in [2.05, 4.69) is 23.4 Å². The van der Waals surface area contributed by atoms with Crippen molar-refractivity contribution < 1.29 is 0 Å². The third kappa shape index (κ3) is 2.19. The highest BCUT2D eigenvalue weighted by Gasteiger charge is 2.26. The van der Waals surface area contributed by atoms with Gasteiger partial charge in [-0.05, 0) is 37.3 Å². The maximum atomic E-state index is 5.68. The van der Waals surface area contributed by atoms with E-state index in [4.69, 9.17) is 5.84 Å². The Labute approximate surface area is 91.1 Å². The van der Waals surface area contributed by atoms with E-state index in [1.54, 1.807) is 0 Å². The number of nitrogens with one attached hydrogen (secondary N) is 1. The highest BCUT2D eigenvalue weighted by Crippen LogP contribution is 2.35. The van der Waals surface area contributed by atoms with Gasteiger partial charge in [-0.1, -0.05) is 18.9 Å². The molecular weight excluding hydrogens is 186 g/mol. The van der Waals surface area contributed by atoms with Crippen molar-refractivity contribution in [1.82, 2.24) is 10.4 Å². The fraction of sp³-hybridized carbons (Fsp3) is 0.583. The maximum Gasteiger partial charge on any atom is 0.0506 e. The van der Waals surface area contributed by atoms with E-state index in [-0.39, 0.29) is 6.04 Å². The van der Waals surface area contributed by atoms with Crippen LogP contribution in [-0.2, 0) is 0 Å². The van der Waals surface area contributed by atoms with Gasteiger partial charge in [0, 0.05) is 11.9 Å². The minimum Gasteiger partial charge on any atom is -0.271 e. The molecule has 1 unspecified atom stereocenters. The molecule has 0 aliphatic heterocycles. The molecule has 82 valence electrons. The Bertz CT molecular complexity index is 318. The minimum atomic E-state index is 0.279. The molecule has 1 fully saturated rings.